The van der Waals surface area contributed by atoms with Gasteiger partial charge >= 0.3 is 5.97 Å². The van der Waals surface area contributed by atoms with Crippen molar-refractivity contribution < 1.29 is 24.1 Å². The van der Waals surface area contributed by atoms with Crippen LogP contribution in [0.5, 0.6) is 17.2 Å². The van der Waals surface area contributed by atoms with Crippen molar-refractivity contribution in [3.8, 4) is 17.2 Å². The maximum atomic E-state index is 12.5. The van der Waals surface area contributed by atoms with Gasteiger partial charge in [-0.3, -0.25) is 0 Å². The van der Waals surface area contributed by atoms with Crippen LogP contribution in [0.15, 0.2) is 36.4 Å². The Morgan fingerprint density at radius 1 is 1.00 bits per heavy atom. The van der Waals surface area contributed by atoms with Crippen molar-refractivity contribution >= 4 is 28.5 Å². The fraction of sp³-hybridized carbons (Fsp3) is 0.357. The van der Waals surface area contributed by atoms with Crippen LogP contribution >= 0.6 is 0 Å². The van der Waals surface area contributed by atoms with Gasteiger partial charge in [0.1, 0.15) is 5.75 Å². The molecule has 2 aromatic carbocycles. The molecule has 1 aliphatic carbocycles. The van der Waals surface area contributed by atoms with Gasteiger partial charge in [-0.15, -0.1) is 0 Å². The van der Waals surface area contributed by atoms with E-state index in [0.29, 0.717) is 40.1 Å². The van der Waals surface area contributed by atoms with E-state index in [1.165, 1.54) is 0 Å². The van der Waals surface area contributed by atoms with Gasteiger partial charge in [0.15, 0.2) is 11.5 Å². The van der Waals surface area contributed by atoms with Crippen LogP contribution < -0.4 is 14.2 Å². The van der Waals surface area contributed by atoms with Crippen molar-refractivity contribution in [2.75, 3.05) is 21.3 Å². The van der Waals surface area contributed by atoms with Crippen molar-refractivity contribution in [2.24, 2.45) is 11.3 Å². The predicted octanol–water partition coefficient (Wildman–Crippen LogP) is 6.11. The summed E-state index contributed by atoms with van der Waals surface area (Å²) in [6.45, 7) is 6.60. The molecule has 0 radical (unpaired) electrons. The molecule has 0 aliphatic heterocycles. The Morgan fingerprint density at radius 2 is 1.65 bits per heavy atom. The van der Waals surface area contributed by atoms with Gasteiger partial charge in [-0.1, -0.05) is 39.0 Å². The molecule has 0 amide bonds. The zero-order chi connectivity index (χ0) is 24.6. The third kappa shape index (κ3) is 4.20. The van der Waals surface area contributed by atoms with Gasteiger partial charge in [0.25, 0.3) is 0 Å². The van der Waals surface area contributed by atoms with Crippen LogP contribution in [-0.2, 0) is 6.42 Å². The molecule has 0 unspecified atom stereocenters. The van der Waals surface area contributed by atoms with Crippen molar-refractivity contribution in [1.82, 2.24) is 4.98 Å². The quantitative estimate of drug-likeness (QED) is 0.494. The molecule has 0 spiro atoms. The summed E-state index contributed by atoms with van der Waals surface area (Å²) in [4.78, 5) is 17.4. The summed E-state index contributed by atoms with van der Waals surface area (Å²) >= 11 is 0. The summed E-state index contributed by atoms with van der Waals surface area (Å²) in [6.07, 6.45) is 3.49. The number of fused-ring (bicyclic) bond motifs is 2. The number of hydrogen-bond donors (Lipinski definition) is 1. The largest absolute Gasteiger partial charge is 0.496 e. The maximum Gasteiger partial charge on any atom is 0.336 e. The predicted molar refractivity (Wildman–Crippen MR) is 134 cm³/mol. The molecule has 1 atom stereocenters. The number of methoxy groups -OCH3 is 3. The second-order valence-electron chi connectivity index (χ2n) is 9.73. The van der Waals surface area contributed by atoms with Crippen LogP contribution in [0.3, 0.4) is 0 Å². The molecule has 6 heteroatoms. The zero-order valence-electron chi connectivity index (χ0n) is 20.6. The first-order valence-corrected chi connectivity index (χ1v) is 11.3. The number of aromatic carboxylic acids is 1. The van der Waals surface area contributed by atoms with E-state index in [4.69, 9.17) is 19.2 Å². The molecule has 4 rings (SSSR count). The highest BCUT2D eigenvalue weighted by Gasteiger charge is 2.35. The summed E-state index contributed by atoms with van der Waals surface area (Å²) < 4.78 is 16.6. The lowest BCUT2D eigenvalue weighted by atomic mass is 9.69. The summed E-state index contributed by atoms with van der Waals surface area (Å²) in [5.41, 5.74) is 4.36. The van der Waals surface area contributed by atoms with Gasteiger partial charge in [-0.25, -0.2) is 9.78 Å². The Bertz CT molecular complexity index is 1290. The standard InChI is InChI=1S/C28H31NO5/c1-28(2,3)18-12-17(11-16-13-23(33-5)24(34-6)15-22(16)32-4)26-20(14-18)25(27(30)31)19-9-7-8-10-21(19)29-26/h7-11,13,15,18H,12,14H2,1-6H3,(H,30,31)/b17-11-/t18-/m1/s1. The van der Waals surface area contributed by atoms with Crippen molar-refractivity contribution in [3.05, 3.63) is 58.8 Å². The van der Waals surface area contributed by atoms with E-state index in [2.05, 4.69) is 20.8 Å². The normalized spacial score (nSPS) is 16.9. The third-order valence-corrected chi connectivity index (χ3v) is 6.72. The molecule has 0 fully saturated rings. The molecule has 0 saturated carbocycles. The van der Waals surface area contributed by atoms with Crippen LogP contribution in [0, 0.1) is 11.3 Å². The number of ether oxygens (including phenoxy) is 3. The lowest BCUT2D eigenvalue weighted by Gasteiger charge is -2.36. The topological polar surface area (TPSA) is 77.9 Å². The SMILES string of the molecule is COc1cc(OC)c(OC)cc1/C=C1/C[C@@H](C(C)(C)C)Cc2c1nc1ccccc1c2C(=O)O. The minimum atomic E-state index is -0.924. The molecule has 0 bridgehead atoms. The summed E-state index contributed by atoms with van der Waals surface area (Å²) in [5, 5.41) is 10.9. The number of carbonyl (C=O) groups is 1. The maximum absolute atomic E-state index is 12.5. The molecule has 178 valence electrons. The van der Waals surface area contributed by atoms with Crippen LogP contribution in [0.1, 0.15) is 54.4 Å². The third-order valence-electron chi connectivity index (χ3n) is 6.72. The molecule has 1 aromatic heterocycles. The monoisotopic (exact) mass is 461 g/mol. The summed E-state index contributed by atoms with van der Waals surface area (Å²) in [6, 6.07) is 11.1. The van der Waals surface area contributed by atoms with Gasteiger partial charge in [-0.05, 0) is 53.5 Å². The van der Waals surface area contributed by atoms with E-state index in [1.807, 2.05) is 36.4 Å². The van der Waals surface area contributed by atoms with Gasteiger partial charge in [0.05, 0.1) is 38.1 Å². The molecule has 3 aromatic rings. The number of carboxylic acid groups (broad SMARTS) is 1. The average Bonchev–Trinajstić information content (AvgIpc) is 2.81. The number of nitrogens with zero attached hydrogens (tertiary/aromatic N) is 1. The first-order valence-electron chi connectivity index (χ1n) is 11.3. The number of carboxylic acids is 1. The van der Waals surface area contributed by atoms with Crippen LogP contribution in [0.25, 0.3) is 22.6 Å². The fourth-order valence-electron chi connectivity index (χ4n) is 4.73. The van der Waals surface area contributed by atoms with E-state index in [0.717, 1.165) is 28.8 Å². The Balaban J connectivity index is 2.01. The van der Waals surface area contributed by atoms with Crippen molar-refractivity contribution in [3.63, 3.8) is 0 Å². The lowest BCUT2D eigenvalue weighted by molar-refractivity contribution is 0.0696. The Morgan fingerprint density at radius 3 is 2.26 bits per heavy atom. The average molecular weight is 462 g/mol. The number of rotatable bonds is 5. The van der Waals surface area contributed by atoms with Crippen molar-refractivity contribution in [1.29, 1.82) is 0 Å². The van der Waals surface area contributed by atoms with Gasteiger partial charge in [0.2, 0.25) is 0 Å². The van der Waals surface area contributed by atoms with Gasteiger partial charge in [-0.2, -0.15) is 0 Å². The molecule has 34 heavy (non-hydrogen) atoms. The Hall–Kier alpha value is -3.54. The number of aromatic nitrogens is 1. The lowest BCUT2D eigenvalue weighted by Crippen LogP contribution is -2.28. The van der Waals surface area contributed by atoms with Crippen LogP contribution in [-0.4, -0.2) is 37.4 Å². The zero-order valence-corrected chi connectivity index (χ0v) is 20.6. The number of hydrogen-bond acceptors (Lipinski definition) is 5. The second-order valence-corrected chi connectivity index (χ2v) is 9.73. The first kappa shape index (κ1) is 23.6. The highest BCUT2D eigenvalue weighted by atomic mass is 16.5. The van der Waals surface area contributed by atoms with E-state index in [1.54, 1.807) is 27.4 Å². The number of pyridine rings is 1. The minimum Gasteiger partial charge on any atom is -0.496 e. The van der Waals surface area contributed by atoms with Crippen LogP contribution in [0.2, 0.25) is 0 Å². The van der Waals surface area contributed by atoms with Crippen LogP contribution in [0.4, 0.5) is 0 Å². The van der Waals surface area contributed by atoms with E-state index < -0.39 is 5.97 Å². The number of benzene rings is 2. The number of allylic oxidation sites excluding steroid dienone is 1. The molecular weight excluding hydrogens is 430 g/mol. The molecule has 1 heterocycles. The van der Waals surface area contributed by atoms with Gasteiger partial charge < -0.3 is 19.3 Å². The summed E-state index contributed by atoms with van der Waals surface area (Å²) in [7, 11) is 4.80. The fourth-order valence-corrected chi connectivity index (χ4v) is 4.73. The Labute approximate surface area is 200 Å². The molecular formula is C28H31NO5. The highest BCUT2D eigenvalue weighted by molar-refractivity contribution is 6.06. The van der Waals surface area contributed by atoms with Gasteiger partial charge in [0, 0.05) is 17.0 Å². The smallest absolute Gasteiger partial charge is 0.336 e. The Kier molecular flexibility index (Phi) is 6.26. The first-order chi connectivity index (χ1) is 16.2. The molecule has 0 saturated heterocycles. The van der Waals surface area contributed by atoms with E-state index in [9.17, 15) is 9.90 Å². The molecule has 1 N–H and O–H groups in total. The van der Waals surface area contributed by atoms with E-state index in [-0.39, 0.29) is 11.3 Å². The highest BCUT2D eigenvalue weighted by Crippen LogP contribution is 2.46. The van der Waals surface area contributed by atoms with Crippen molar-refractivity contribution in [2.45, 2.75) is 33.6 Å². The summed E-state index contributed by atoms with van der Waals surface area (Å²) in [5.74, 6) is 1.14. The number of para-hydroxylation sites is 1. The van der Waals surface area contributed by atoms with E-state index >= 15 is 0 Å². The second kappa shape index (κ2) is 9.01. The molecule has 1 aliphatic rings. The molecule has 6 nitrogen and oxygen atoms in total. The minimum absolute atomic E-state index is 0.0140.